The fourth-order valence-corrected chi connectivity index (χ4v) is 3.84. The van der Waals surface area contributed by atoms with E-state index in [0.717, 1.165) is 35.4 Å². The topological polar surface area (TPSA) is 101 Å². The van der Waals surface area contributed by atoms with E-state index in [0.29, 0.717) is 23.7 Å². The van der Waals surface area contributed by atoms with E-state index in [2.05, 4.69) is 25.2 Å². The van der Waals surface area contributed by atoms with Crippen molar-refractivity contribution in [2.45, 2.75) is 18.9 Å². The van der Waals surface area contributed by atoms with Crippen molar-refractivity contribution in [2.24, 2.45) is 5.73 Å². The average Bonchev–Trinajstić information content (AvgIpc) is 3.24. The van der Waals surface area contributed by atoms with Crippen molar-refractivity contribution in [3.8, 4) is 0 Å². The molecule has 0 bridgehead atoms. The van der Waals surface area contributed by atoms with Crippen LogP contribution in [0.1, 0.15) is 22.3 Å². The minimum atomic E-state index is -0.509. The van der Waals surface area contributed by atoms with Crippen LogP contribution in [-0.2, 0) is 0 Å². The summed E-state index contributed by atoms with van der Waals surface area (Å²) in [5, 5.41) is 4.44. The lowest BCUT2D eigenvalue weighted by molar-refractivity contribution is -0.366. The van der Waals surface area contributed by atoms with E-state index in [-0.39, 0.29) is 5.91 Å². The number of aromatic amines is 2. The van der Waals surface area contributed by atoms with Crippen LogP contribution in [0.5, 0.6) is 0 Å². The maximum atomic E-state index is 12.4. The number of carbonyl (C=O) groups excluding carboxylic acids is 1. The molecule has 3 aromatic rings. The number of hydrogen-bond donors (Lipinski definition) is 3. The van der Waals surface area contributed by atoms with E-state index in [1.54, 1.807) is 30.6 Å². The van der Waals surface area contributed by atoms with Gasteiger partial charge in [-0.3, -0.25) is 9.69 Å². The summed E-state index contributed by atoms with van der Waals surface area (Å²) in [6.07, 6.45) is 4.41. The number of amides is 1. The van der Waals surface area contributed by atoms with E-state index >= 15 is 0 Å². The van der Waals surface area contributed by atoms with Crippen LogP contribution in [0.25, 0.3) is 11.0 Å². The van der Waals surface area contributed by atoms with Gasteiger partial charge in [0, 0.05) is 19.2 Å². The number of aryl methyl sites for hydroxylation is 1. The monoisotopic (exact) mass is 385 g/mol. The number of fused-ring (bicyclic) bond motifs is 1. The van der Waals surface area contributed by atoms with Crippen molar-refractivity contribution in [3.63, 3.8) is 0 Å². The summed E-state index contributed by atoms with van der Waals surface area (Å²) in [5.74, 6) is 0.798. The van der Waals surface area contributed by atoms with Gasteiger partial charge in [-0.25, -0.2) is 4.98 Å². The van der Waals surface area contributed by atoms with E-state index in [9.17, 15) is 4.79 Å². The molecule has 7 nitrogen and oxygen atoms in total. The first-order valence-corrected chi connectivity index (χ1v) is 9.26. The Labute approximate surface area is 161 Å². The number of nitrogens with one attached hydrogen (secondary N) is 3. The second-order valence-corrected chi connectivity index (χ2v) is 7.55. The van der Waals surface area contributed by atoms with Gasteiger partial charge in [-0.1, -0.05) is 28.7 Å². The Hall–Kier alpha value is -2.64. The number of H-pyrrole nitrogens is 2. The smallest absolute Gasteiger partial charge is 0.252 e. The number of rotatable bonds is 4. The van der Waals surface area contributed by atoms with E-state index < -0.39 is 5.54 Å². The summed E-state index contributed by atoms with van der Waals surface area (Å²) in [4.78, 5) is 25.4. The van der Waals surface area contributed by atoms with Gasteiger partial charge in [0.1, 0.15) is 5.39 Å². The average molecular weight is 386 g/mol. The molecule has 4 rings (SSSR count). The van der Waals surface area contributed by atoms with Gasteiger partial charge < -0.3 is 16.0 Å². The van der Waals surface area contributed by atoms with Crippen molar-refractivity contribution < 1.29 is 9.78 Å². The standard InChI is InChI=1S/C19H21ClN6O/c1-12-8-22-16-15(12)17(25-11-24-16)26-7-6-19(21,10-26)9-23-18(27)13-4-2-3-5-14(13)20/h2-5,8,11H,6-7,9-10,21H2,1H3,(H,23,27)(H,22,24,25)/p+1/t19-/m0/s1. The molecule has 0 unspecified atom stereocenters. The number of benzene rings is 1. The van der Waals surface area contributed by atoms with Gasteiger partial charge in [0.15, 0.2) is 0 Å². The Kier molecular flexibility index (Phi) is 4.49. The number of halogens is 1. The fourth-order valence-electron chi connectivity index (χ4n) is 3.62. The molecule has 8 heteroatoms. The normalized spacial score (nSPS) is 19.6. The Balaban J connectivity index is 1.47. The molecule has 3 heterocycles. The van der Waals surface area contributed by atoms with Gasteiger partial charge in [0.25, 0.3) is 5.91 Å². The third-order valence-corrected chi connectivity index (χ3v) is 5.44. The predicted octanol–water partition coefficient (Wildman–Crippen LogP) is 1.68. The van der Waals surface area contributed by atoms with Crippen molar-refractivity contribution in [2.75, 3.05) is 24.5 Å². The van der Waals surface area contributed by atoms with Gasteiger partial charge >= 0.3 is 0 Å². The first-order valence-electron chi connectivity index (χ1n) is 8.88. The van der Waals surface area contributed by atoms with Crippen LogP contribution in [0.3, 0.4) is 0 Å². The highest BCUT2D eigenvalue weighted by molar-refractivity contribution is 6.33. The largest absolute Gasteiger partial charge is 0.350 e. The Morgan fingerprint density at radius 3 is 3.11 bits per heavy atom. The maximum absolute atomic E-state index is 12.4. The van der Waals surface area contributed by atoms with Crippen LogP contribution < -0.4 is 20.9 Å². The van der Waals surface area contributed by atoms with E-state index in [4.69, 9.17) is 17.3 Å². The number of carbonyl (C=O) groups is 1. The molecular formula is C19H22ClN6O+. The molecule has 1 atom stereocenters. The highest BCUT2D eigenvalue weighted by Crippen LogP contribution is 2.29. The molecule has 1 amide bonds. The number of anilines is 1. The fraction of sp³-hybridized carbons (Fsp3) is 0.316. The predicted molar refractivity (Wildman–Crippen MR) is 105 cm³/mol. The summed E-state index contributed by atoms with van der Waals surface area (Å²) in [6.45, 7) is 3.87. The van der Waals surface area contributed by atoms with Crippen LogP contribution >= 0.6 is 11.6 Å². The van der Waals surface area contributed by atoms with Crippen molar-refractivity contribution >= 4 is 34.4 Å². The van der Waals surface area contributed by atoms with Gasteiger partial charge in [-0.05, 0) is 24.6 Å². The second kappa shape index (κ2) is 6.83. The molecule has 0 aliphatic carbocycles. The highest BCUT2D eigenvalue weighted by Gasteiger charge is 2.39. The molecule has 140 valence electrons. The van der Waals surface area contributed by atoms with Crippen molar-refractivity contribution in [1.82, 2.24) is 15.3 Å². The molecule has 2 aromatic heterocycles. The number of nitrogens with zero attached hydrogens (tertiary/aromatic N) is 2. The Morgan fingerprint density at radius 1 is 1.48 bits per heavy atom. The third-order valence-electron chi connectivity index (χ3n) is 5.11. The minimum absolute atomic E-state index is 0.205. The van der Waals surface area contributed by atoms with Gasteiger partial charge in [-0.2, -0.15) is 0 Å². The molecular weight excluding hydrogens is 364 g/mol. The molecule has 1 aliphatic rings. The zero-order valence-corrected chi connectivity index (χ0v) is 15.8. The molecule has 1 aliphatic heterocycles. The summed E-state index contributed by atoms with van der Waals surface area (Å²) < 4.78 is 0. The second-order valence-electron chi connectivity index (χ2n) is 7.14. The number of hydrogen-bond acceptors (Lipinski definition) is 4. The van der Waals surface area contributed by atoms with Gasteiger partial charge in [0.2, 0.25) is 17.8 Å². The summed E-state index contributed by atoms with van der Waals surface area (Å²) >= 11 is 6.10. The zero-order chi connectivity index (χ0) is 19.0. The summed E-state index contributed by atoms with van der Waals surface area (Å²) in [5.41, 5.74) is 8.52. The lowest BCUT2D eigenvalue weighted by atomic mass is 10.00. The van der Waals surface area contributed by atoms with Crippen LogP contribution in [0, 0.1) is 6.92 Å². The molecule has 1 saturated heterocycles. The summed E-state index contributed by atoms with van der Waals surface area (Å²) in [7, 11) is 0. The first-order chi connectivity index (χ1) is 13.0. The molecule has 1 aromatic carbocycles. The van der Waals surface area contributed by atoms with Crippen molar-refractivity contribution in [1.29, 1.82) is 0 Å². The highest BCUT2D eigenvalue weighted by atomic mass is 35.5. The molecule has 0 radical (unpaired) electrons. The van der Waals surface area contributed by atoms with E-state index in [1.165, 1.54) is 0 Å². The summed E-state index contributed by atoms with van der Waals surface area (Å²) in [6, 6.07) is 7.00. The van der Waals surface area contributed by atoms with Crippen LogP contribution in [0.15, 0.2) is 36.8 Å². The van der Waals surface area contributed by atoms with E-state index in [1.807, 2.05) is 13.1 Å². The third kappa shape index (κ3) is 3.36. The molecule has 27 heavy (non-hydrogen) atoms. The van der Waals surface area contributed by atoms with Crippen LogP contribution in [0.2, 0.25) is 5.02 Å². The van der Waals surface area contributed by atoms with Gasteiger partial charge in [0.05, 0.1) is 29.2 Å². The lowest BCUT2D eigenvalue weighted by Crippen LogP contribution is -2.52. The first kappa shape index (κ1) is 17.8. The number of aromatic nitrogens is 3. The van der Waals surface area contributed by atoms with Gasteiger partial charge in [-0.15, -0.1) is 0 Å². The Morgan fingerprint density at radius 2 is 2.30 bits per heavy atom. The number of nitrogens with two attached hydrogens (primary N) is 1. The molecule has 0 saturated carbocycles. The van der Waals surface area contributed by atoms with Crippen molar-refractivity contribution in [3.05, 3.63) is 52.9 Å². The quantitative estimate of drug-likeness (QED) is 0.635. The maximum Gasteiger partial charge on any atom is 0.252 e. The lowest BCUT2D eigenvalue weighted by Gasteiger charge is -2.23. The molecule has 1 fully saturated rings. The molecule has 5 N–H and O–H groups in total. The zero-order valence-electron chi connectivity index (χ0n) is 15.1. The minimum Gasteiger partial charge on any atom is -0.350 e. The van der Waals surface area contributed by atoms with Crippen LogP contribution in [-0.4, -0.2) is 41.0 Å². The van der Waals surface area contributed by atoms with Crippen LogP contribution in [0.4, 0.5) is 5.82 Å². The Bertz CT molecular complexity index is 1000. The molecule has 0 spiro atoms. The SMILES string of the molecule is Cc1c[nH]c2nc[nH+]c(N3CC[C@](N)(CNC(=O)c4ccccc4Cl)C3)c12.